The smallest absolute Gasteiger partial charge is 0.417 e. The van der Waals surface area contributed by atoms with E-state index >= 15 is 0 Å². The van der Waals surface area contributed by atoms with Gasteiger partial charge in [0.05, 0.1) is 19.3 Å². The minimum Gasteiger partial charge on any atom is -1.00 e. The van der Waals surface area contributed by atoms with Crippen LogP contribution in [-0.2, 0) is 29.8 Å². The van der Waals surface area contributed by atoms with Gasteiger partial charge in [-0.3, -0.25) is 4.79 Å². The van der Waals surface area contributed by atoms with E-state index in [1.54, 1.807) is 24.3 Å². The van der Waals surface area contributed by atoms with Gasteiger partial charge in [0.1, 0.15) is 31.2 Å². The predicted molar refractivity (Wildman–Crippen MR) is 202 cm³/mol. The zero-order valence-electron chi connectivity index (χ0n) is 32.2. The van der Waals surface area contributed by atoms with Gasteiger partial charge in [-0.1, -0.05) is 130 Å². The molecule has 0 spiro atoms. The van der Waals surface area contributed by atoms with Crippen LogP contribution < -0.4 is 38.0 Å². The van der Waals surface area contributed by atoms with E-state index in [1.165, 1.54) is 77.7 Å². The Morgan fingerprint density at radius 3 is 2.00 bits per heavy atom. The Balaban J connectivity index is 0.00000901. The standard InChI is InChI=1S/C43H63N2O5.HI/c1-7-9-10-11-12-13-14-15-16-17-18-23-31-49-40-28-27-35(32-38(40)43(3,4)5)34-50-42(47)45(33-36-24-21-22-30-44(36)29-8-2)41(46)37-25-19-20-26-39(37)48-6;/h19-22,24-28,30,32H,7-18,23,29,31,33-34H2,1-6H3;1H/q+1;/p-1. The van der Waals surface area contributed by atoms with Crippen LogP contribution >= 0.6 is 0 Å². The molecule has 51 heavy (non-hydrogen) atoms. The third-order valence-corrected chi connectivity index (χ3v) is 9.09. The molecule has 0 aliphatic rings. The van der Waals surface area contributed by atoms with Crippen molar-refractivity contribution in [3.63, 3.8) is 0 Å². The first-order valence-corrected chi connectivity index (χ1v) is 19.0. The number of carbonyl (C=O) groups is 2. The summed E-state index contributed by atoms with van der Waals surface area (Å²) in [6.45, 7) is 12.4. The van der Waals surface area contributed by atoms with Crippen molar-refractivity contribution in [3.8, 4) is 11.5 Å². The lowest BCUT2D eigenvalue weighted by Crippen LogP contribution is -3.00. The van der Waals surface area contributed by atoms with Gasteiger partial charge in [0, 0.05) is 18.6 Å². The molecule has 0 saturated carbocycles. The van der Waals surface area contributed by atoms with Gasteiger partial charge in [0.25, 0.3) is 5.91 Å². The number of carbonyl (C=O) groups excluding carboxylic acids is 2. The number of methoxy groups -OCH3 is 1. The summed E-state index contributed by atoms with van der Waals surface area (Å²) in [6, 6.07) is 18.7. The van der Waals surface area contributed by atoms with E-state index < -0.39 is 12.0 Å². The summed E-state index contributed by atoms with van der Waals surface area (Å²) >= 11 is 0. The lowest BCUT2D eigenvalue weighted by Gasteiger charge is -2.24. The van der Waals surface area contributed by atoms with E-state index in [0.717, 1.165) is 46.9 Å². The van der Waals surface area contributed by atoms with Crippen LogP contribution in [-0.4, -0.2) is 30.6 Å². The molecule has 0 fully saturated rings. The molecule has 1 aromatic heterocycles. The maximum atomic E-state index is 13.9. The average molecular weight is 815 g/mol. The number of halogens is 1. The first-order chi connectivity index (χ1) is 24.2. The highest BCUT2D eigenvalue weighted by molar-refractivity contribution is 6.04. The third-order valence-electron chi connectivity index (χ3n) is 9.09. The molecule has 3 rings (SSSR count). The number of imide groups is 1. The Bertz CT molecular complexity index is 1450. The number of ether oxygens (including phenoxy) is 3. The monoisotopic (exact) mass is 814 g/mol. The molecule has 0 saturated heterocycles. The molecule has 3 aromatic rings. The summed E-state index contributed by atoms with van der Waals surface area (Å²) in [7, 11) is 1.51. The first-order valence-electron chi connectivity index (χ1n) is 19.0. The number of aryl methyl sites for hydroxylation is 1. The van der Waals surface area contributed by atoms with Gasteiger partial charge in [-0.25, -0.2) is 14.3 Å². The van der Waals surface area contributed by atoms with Crippen molar-refractivity contribution in [2.45, 2.75) is 143 Å². The van der Waals surface area contributed by atoms with Crippen LogP contribution in [0, 0.1) is 0 Å². The lowest BCUT2D eigenvalue weighted by molar-refractivity contribution is -0.704. The highest BCUT2D eigenvalue weighted by Crippen LogP contribution is 2.33. The molecular formula is C43H63IN2O5. The quantitative estimate of drug-likeness (QED) is 0.0590. The number of nitrogens with zero attached hydrogens (tertiary/aromatic N) is 2. The number of amides is 2. The summed E-state index contributed by atoms with van der Waals surface area (Å²) in [5.41, 5.74) is 2.87. The van der Waals surface area contributed by atoms with Crippen molar-refractivity contribution in [1.82, 2.24) is 4.90 Å². The van der Waals surface area contributed by atoms with Crippen molar-refractivity contribution < 1.29 is 52.3 Å². The number of unbranched alkanes of at least 4 members (excludes halogenated alkanes) is 11. The molecule has 2 amide bonds. The molecule has 1 heterocycles. The number of hydrogen-bond acceptors (Lipinski definition) is 5. The Labute approximate surface area is 325 Å². The Morgan fingerprint density at radius 2 is 1.37 bits per heavy atom. The van der Waals surface area contributed by atoms with E-state index in [1.807, 2.05) is 36.5 Å². The van der Waals surface area contributed by atoms with Gasteiger partial charge in [-0.15, -0.1) is 0 Å². The largest absolute Gasteiger partial charge is 1.00 e. The maximum Gasteiger partial charge on any atom is 0.417 e. The molecule has 0 radical (unpaired) electrons. The molecule has 2 aromatic carbocycles. The fraction of sp³-hybridized carbons (Fsp3) is 0.558. The van der Waals surface area contributed by atoms with E-state index in [0.29, 0.717) is 17.9 Å². The number of aromatic nitrogens is 1. The summed E-state index contributed by atoms with van der Waals surface area (Å²) in [5.74, 6) is 0.795. The second kappa shape index (κ2) is 24.2. The summed E-state index contributed by atoms with van der Waals surface area (Å²) in [6.07, 6.45) is 17.9. The van der Waals surface area contributed by atoms with Crippen LogP contribution in [0.5, 0.6) is 11.5 Å². The Hall–Kier alpha value is -3.14. The van der Waals surface area contributed by atoms with Crippen LogP contribution in [0.15, 0.2) is 66.9 Å². The fourth-order valence-electron chi connectivity index (χ4n) is 6.19. The third kappa shape index (κ3) is 15.2. The minimum atomic E-state index is -0.711. The van der Waals surface area contributed by atoms with Crippen molar-refractivity contribution in [1.29, 1.82) is 0 Å². The second-order valence-electron chi connectivity index (χ2n) is 14.3. The number of benzene rings is 2. The molecule has 7 nitrogen and oxygen atoms in total. The number of para-hydroxylation sites is 1. The normalized spacial score (nSPS) is 11.1. The van der Waals surface area contributed by atoms with Crippen molar-refractivity contribution in [2.24, 2.45) is 0 Å². The molecule has 0 aliphatic carbocycles. The summed E-state index contributed by atoms with van der Waals surface area (Å²) in [4.78, 5) is 28.7. The molecule has 282 valence electrons. The van der Waals surface area contributed by atoms with Crippen molar-refractivity contribution in [3.05, 3.63) is 89.2 Å². The highest BCUT2D eigenvalue weighted by atomic mass is 127. The molecule has 8 heteroatoms. The molecule has 0 aliphatic heterocycles. The van der Waals surface area contributed by atoms with Crippen molar-refractivity contribution in [2.75, 3.05) is 13.7 Å². The molecular weight excluding hydrogens is 751 g/mol. The lowest BCUT2D eigenvalue weighted by atomic mass is 9.85. The minimum absolute atomic E-state index is 0. The van der Waals surface area contributed by atoms with E-state index in [2.05, 4.69) is 45.3 Å². The zero-order chi connectivity index (χ0) is 36.2. The number of pyridine rings is 1. The molecule has 0 bridgehead atoms. The predicted octanol–water partition coefficient (Wildman–Crippen LogP) is 7.75. The SMILES string of the molecule is CCCCCCCCCCCCCCOc1ccc(COC(=O)N(Cc2cccc[n+]2CCC)C(=O)c2ccccc2OC)cc1C(C)(C)C.[I-]. The zero-order valence-corrected chi connectivity index (χ0v) is 34.3. The Kier molecular flexibility index (Phi) is 20.9. The maximum absolute atomic E-state index is 13.9. The van der Waals surface area contributed by atoms with E-state index in [4.69, 9.17) is 14.2 Å². The number of rotatable bonds is 22. The summed E-state index contributed by atoms with van der Waals surface area (Å²) in [5, 5.41) is 0. The van der Waals surface area contributed by atoms with Gasteiger partial charge < -0.3 is 38.2 Å². The molecule has 0 unspecified atom stereocenters. The topological polar surface area (TPSA) is 69.0 Å². The van der Waals surface area contributed by atoms with E-state index in [9.17, 15) is 9.59 Å². The van der Waals surface area contributed by atoms with Gasteiger partial charge in [0.15, 0.2) is 6.20 Å². The van der Waals surface area contributed by atoms with Crippen LogP contribution in [0.3, 0.4) is 0 Å². The van der Waals surface area contributed by atoms with Crippen LogP contribution in [0.1, 0.15) is 145 Å². The van der Waals surface area contributed by atoms with Crippen LogP contribution in [0.2, 0.25) is 0 Å². The second-order valence-corrected chi connectivity index (χ2v) is 14.3. The fourth-order valence-corrected chi connectivity index (χ4v) is 6.19. The Morgan fingerprint density at radius 1 is 0.745 bits per heavy atom. The van der Waals surface area contributed by atoms with Crippen LogP contribution in [0.25, 0.3) is 0 Å². The molecule has 0 N–H and O–H groups in total. The van der Waals surface area contributed by atoms with Crippen molar-refractivity contribution >= 4 is 12.0 Å². The molecule has 0 atom stereocenters. The van der Waals surface area contributed by atoms with Gasteiger partial charge in [-0.05, 0) is 47.2 Å². The average Bonchev–Trinajstić information content (AvgIpc) is 3.11. The van der Waals surface area contributed by atoms with Gasteiger partial charge in [0.2, 0.25) is 5.69 Å². The highest BCUT2D eigenvalue weighted by Gasteiger charge is 2.30. The van der Waals surface area contributed by atoms with Crippen LogP contribution in [0.4, 0.5) is 4.79 Å². The number of hydrogen-bond donors (Lipinski definition) is 0. The van der Waals surface area contributed by atoms with Gasteiger partial charge >= 0.3 is 6.09 Å². The van der Waals surface area contributed by atoms with E-state index in [-0.39, 0.29) is 42.5 Å². The summed E-state index contributed by atoms with van der Waals surface area (Å²) < 4.78 is 19.7. The van der Waals surface area contributed by atoms with Gasteiger partial charge in [-0.2, -0.15) is 0 Å². The first kappa shape index (κ1) is 44.0.